The van der Waals surface area contributed by atoms with Gasteiger partial charge >= 0.3 is 0 Å². The SMILES string of the molecule is CCNCCCN(C)S(=O)(=O)N1CCCC1C1CCCC1. The molecule has 2 rings (SSSR count). The Morgan fingerprint density at radius 2 is 1.90 bits per heavy atom. The number of rotatable bonds is 8. The van der Waals surface area contributed by atoms with Crippen LogP contribution in [0.2, 0.25) is 0 Å². The van der Waals surface area contributed by atoms with Gasteiger partial charge in [-0.3, -0.25) is 0 Å². The third-order valence-electron chi connectivity index (χ3n) is 4.96. The summed E-state index contributed by atoms with van der Waals surface area (Å²) in [7, 11) is -1.55. The fourth-order valence-corrected chi connectivity index (χ4v) is 5.46. The predicted molar refractivity (Wildman–Crippen MR) is 86.4 cm³/mol. The third kappa shape index (κ3) is 4.18. The average Bonchev–Trinajstić information content (AvgIpc) is 3.12. The molecule has 1 aliphatic carbocycles. The summed E-state index contributed by atoms with van der Waals surface area (Å²) < 4.78 is 28.9. The van der Waals surface area contributed by atoms with Crippen LogP contribution < -0.4 is 5.32 Å². The molecule has 1 N–H and O–H groups in total. The number of nitrogens with one attached hydrogen (secondary N) is 1. The van der Waals surface area contributed by atoms with E-state index >= 15 is 0 Å². The largest absolute Gasteiger partial charge is 0.317 e. The molecule has 0 aromatic heterocycles. The monoisotopic (exact) mass is 317 g/mol. The van der Waals surface area contributed by atoms with Gasteiger partial charge in [0.15, 0.2) is 0 Å². The quantitative estimate of drug-likeness (QED) is 0.695. The van der Waals surface area contributed by atoms with Crippen molar-refractivity contribution >= 4 is 10.2 Å². The zero-order chi connectivity index (χ0) is 15.3. The zero-order valence-corrected chi connectivity index (χ0v) is 14.4. The summed E-state index contributed by atoms with van der Waals surface area (Å²) in [5, 5.41) is 3.24. The van der Waals surface area contributed by atoms with Crippen molar-refractivity contribution in [1.82, 2.24) is 13.9 Å². The molecule has 0 aromatic rings. The molecule has 0 radical (unpaired) electrons. The van der Waals surface area contributed by atoms with Crippen molar-refractivity contribution in [1.29, 1.82) is 0 Å². The molecule has 1 saturated heterocycles. The molecule has 1 aliphatic heterocycles. The second-order valence-corrected chi connectivity index (χ2v) is 8.39. The van der Waals surface area contributed by atoms with Gasteiger partial charge in [0.05, 0.1) is 0 Å². The standard InChI is InChI=1S/C15H31N3O2S/c1-3-16-11-7-12-17(2)21(19,20)18-13-6-10-15(18)14-8-4-5-9-14/h14-16H,3-13H2,1-2H3. The van der Waals surface area contributed by atoms with Gasteiger partial charge in [-0.15, -0.1) is 0 Å². The zero-order valence-electron chi connectivity index (χ0n) is 13.6. The molecular weight excluding hydrogens is 286 g/mol. The highest BCUT2D eigenvalue weighted by Crippen LogP contribution is 2.37. The highest BCUT2D eigenvalue weighted by atomic mass is 32.2. The van der Waals surface area contributed by atoms with E-state index in [1.807, 2.05) is 0 Å². The molecule has 2 fully saturated rings. The number of nitrogens with zero attached hydrogens (tertiary/aromatic N) is 2. The molecular formula is C15H31N3O2S. The van der Waals surface area contributed by atoms with E-state index < -0.39 is 10.2 Å². The van der Waals surface area contributed by atoms with Crippen molar-refractivity contribution in [2.45, 2.75) is 57.9 Å². The highest BCUT2D eigenvalue weighted by molar-refractivity contribution is 7.86. The molecule has 2 aliphatic rings. The smallest absolute Gasteiger partial charge is 0.281 e. The summed E-state index contributed by atoms with van der Waals surface area (Å²) >= 11 is 0. The molecule has 0 amide bonds. The highest BCUT2D eigenvalue weighted by Gasteiger charge is 2.41. The Morgan fingerprint density at radius 3 is 2.57 bits per heavy atom. The molecule has 0 spiro atoms. The second kappa shape index (κ2) is 7.90. The minimum atomic E-state index is -3.27. The van der Waals surface area contributed by atoms with E-state index in [1.54, 1.807) is 15.7 Å². The Morgan fingerprint density at radius 1 is 1.19 bits per heavy atom. The first-order chi connectivity index (χ1) is 10.1. The van der Waals surface area contributed by atoms with Crippen LogP contribution in [0.15, 0.2) is 0 Å². The lowest BCUT2D eigenvalue weighted by Gasteiger charge is -2.32. The maximum atomic E-state index is 12.8. The van der Waals surface area contributed by atoms with Crippen LogP contribution in [0.3, 0.4) is 0 Å². The van der Waals surface area contributed by atoms with Crippen molar-refractivity contribution in [2.75, 3.05) is 33.2 Å². The maximum Gasteiger partial charge on any atom is 0.281 e. The van der Waals surface area contributed by atoms with Gasteiger partial charge in [0.1, 0.15) is 0 Å². The van der Waals surface area contributed by atoms with Crippen LogP contribution in [-0.2, 0) is 10.2 Å². The van der Waals surface area contributed by atoms with Crippen LogP contribution in [0.1, 0.15) is 51.9 Å². The minimum Gasteiger partial charge on any atom is -0.317 e. The Kier molecular flexibility index (Phi) is 6.47. The predicted octanol–water partition coefficient (Wildman–Crippen LogP) is 1.82. The van der Waals surface area contributed by atoms with Gasteiger partial charge in [-0.25, -0.2) is 0 Å². The first-order valence-electron chi connectivity index (χ1n) is 8.51. The van der Waals surface area contributed by atoms with Crippen LogP contribution >= 0.6 is 0 Å². The van der Waals surface area contributed by atoms with E-state index in [9.17, 15) is 8.42 Å². The molecule has 6 heteroatoms. The van der Waals surface area contributed by atoms with E-state index in [0.29, 0.717) is 19.0 Å². The Hall–Kier alpha value is -0.170. The molecule has 1 saturated carbocycles. The molecule has 1 unspecified atom stereocenters. The molecule has 1 atom stereocenters. The van der Waals surface area contributed by atoms with Gasteiger partial charge < -0.3 is 5.32 Å². The van der Waals surface area contributed by atoms with Crippen molar-refractivity contribution in [3.63, 3.8) is 0 Å². The molecule has 124 valence electrons. The molecule has 1 heterocycles. The van der Waals surface area contributed by atoms with E-state index in [1.165, 1.54) is 25.7 Å². The fourth-order valence-electron chi connectivity index (χ4n) is 3.76. The van der Waals surface area contributed by atoms with Gasteiger partial charge in [0, 0.05) is 26.2 Å². The van der Waals surface area contributed by atoms with Gasteiger partial charge in [0.2, 0.25) is 0 Å². The Bertz CT molecular complexity index is 407. The van der Waals surface area contributed by atoms with Crippen LogP contribution in [-0.4, -0.2) is 56.3 Å². The summed E-state index contributed by atoms with van der Waals surface area (Å²) in [5.74, 6) is 0.595. The lowest BCUT2D eigenvalue weighted by molar-refractivity contribution is 0.270. The van der Waals surface area contributed by atoms with Gasteiger partial charge in [0.25, 0.3) is 10.2 Å². The van der Waals surface area contributed by atoms with Crippen LogP contribution in [0, 0.1) is 5.92 Å². The van der Waals surface area contributed by atoms with Crippen LogP contribution in [0.25, 0.3) is 0 Å². The lowest BCUT2D eigenvalue weighted by Crippen LogP contribution is -2.47. The Labute approximate surface area is 130 Å². The number of hydrogen-bond donors (Lipinski definition) is 1. The lowest BCUT2D eigenvalue weighted by atomic mass is 9.97. The second-order valence-electron chi connectivity index (χ2n) is 6.40. The molecule has 0 aromatic carbocycles. The fraction of sp³-hybridized carbons (Fsp3) is 1.00. The van der Waals surface area contributed by atoms with Crippen molar-refractivity contribution < 1.29 is 8.42 Å². The summed E-state index contributed by atoms with van der Waals surface area (Å²) in [4.78, 5) is 0. The minimum absolute atomic E-state index is 0.258. The summed E-state index contributed by atoms with van der Waals surface area (Å²) in [5.41, 5.74) is 0. The van der Waals surface area contributed by atoms with Crippen LogP contribution in [0.4, 0.5) is 0 Å². The third-order valence-corrected chi connectivity index (χ3v) is 6.98. The van der Waals surface area contributed by atoms with Crippen LogP contribution in [0.5, 0.6) is 0 Å². The summed E-state index contributed by atoms with van der Waals surface area (Å²) in [6.07, 6.45) is 7.90. The van der Waals surface area contributed by atoms with Gasteiger partial charge in [-0.05, 0) is 51.1 Å². The van der Waals surface area contributed by atoms with E-state index in [2.05, 4.69) is 12.2 Å². The van der Waals surface area contributed by atoms with Gasteiger partial charge in [-0.1, -0.05) is 19.8 Å². The van der Waals surface area contributed by atoms with E-state index in [-0.39, 0.29) is 6.04 Å². The average molecular weight is 317 g/mol. The van der Waals surface area contributed by atoms with Crippen molar-refractivity contribution in [2.24, 2.45) is 5.92 Å². The number of hydrogen-bond acceptors (Lipinski definition) is 3. The maximum absolute atomic E-state index is 12.8. The van der Waals surface area contributed by atoms with E-state index in [0.717, 1.165) is 32.4 Å². The Balaban J connectivity index is 1.93. The molecule has 5 nitrogen and oxygen atoms in total. The summed E-state index contributed by atoms with van der Waals surface area (Å²) in [6, 6.07) is 0.258. The van der Waals surface area contributed by atoms with E-state index in [4.69, 9.17) is 0 Å². The van der Waals surface area contributed by atoms with Crippen molar-refractivity contribution in [3.8, 4) is 0 Å². The molecule has 21 heavy (non-hydrogen) atoms. The molecule has 0 bridgehead atoms. The van der Waals surface area contributed by atoms with Gasteiger partial charge in [-0.2, -0.15) is 17.0 Å². The first-order valence-corrected chi connectivity index (χ1v) is 9.91. The normalized spacial score (nSPS) is 25.2. The first kappa shape index (κ1) is 17.2. The topological polar surface area (TPSA) is 52.7 Å². The van der Waals surface area contributed by atoms with Crippen molar-refractivity contribution in [3.05, 3.63) is 0 Å². The summed E-state index contributed by atoms with van der Waals surface area (Å²) in [6.45, 7) is 5.19.